The molecule has 0 spiro atoms. The number of rotatable bonds is 3. The van der Waals surface area contributed by atoms with Crippen molar-refractivity contribution >= 4 is 33.4 Å². The standard InChI is InChI=1S/C14H21BrN2O3S/c1-14(2,3)20-13(18)17-6-4-5-10(8-17)9-19-12-16-7-11(15)21-12/h7,10H,4-6,8-9H2,1-3H3. The SMILES string of the molecule is CC(C)(C)OC(=O)N1CCCC(COc2ncc(Br)s2)C1. The van der Waals surface area contributed by atoms with Gasteiger partial charge in [0.05, 0.1) is 16.6 Å². The molecule has 1 aliphatic rings. The molecule has 1 unspecified atom stereocenters. The average molecular weight is 377 g/mol. The predicted octanol–water partition coefficient (Wildman–Crippen LogP) is 3.93. The molecule has 1 saturated heterocycles. The summed E-state index contributed by atoms with van der Waals surface area (Å²) in [6, 6.07) is 0. The van der Waals surface area contributed by atoms with Crippen LogP contribution in [0.25, 0.3) is 0 Å². The summed E-state index contributed by atoms with van der Waals surface area (Å²) in [6.07, 6.45) is 3.54. The quantitative estimate of drug-likeness (QED) is 0.801. The number of piperidine rings is 1. The monoisotopic (exact) mass is 376 g/mol. The van der Waals surface area contributed by atoms with E-state index < -0.39 is 5.60 Å². The molecule has 1 aromatic rings. The van der Waals surface area contributed by atoms with Crippen molar-refractivity contribution in [1.29, 1.82) is 0 Å². The minimum Gasteiger partial charge on any atom is -0.470 e. The fourth-order valence-corrected chi connectivity index (χ4v) is 3.21. The van der Waals surface area contributed by atoms with Crippen LogP contribution in [0.15, 0.2) is 9.98 Å². The van der Waals surface area contributed by atoms with E-state index in [1.54, 1.807) is 11.1 Å². The van der Waals surface area contributed by atoms with E-state index in [4.69, 9.17) is 9.47 Å². The number of likely N-dealkylation sites (tertiary alicyclic amines) is 1. The largest absolute Gasteiger partial charge is 0.470 e. The zero-order chi connectivity index (χ0) is 15.5. The molecule has 1 aliphatic heterocycles. The first kappa shape index (κ1) is 16.5. The van der Waals surface area contributed by atoms with Crippen LogP contribution in [0.1, 0.15) is 33.6 Å². The van der Waals surface area contributed by atoms with Crippen LogP contribution in [-0.2, 0) is 4.74 Å². The number of ether oxygens (including phenoxy) is 2. The molecule has 7 heteroatoms. The number of hydrogen-bond acceptors (Lipinski definition) is 5. The number of carbonyl (C=O) groups excluding carboxylic acids is 1. The summed E-state index contributed by atoms with van der Waals surface area (Å²) < 4.78 is 12.1. The van der Waals surface area contributed by atoms with Crippen molar-refractivity contribution < 1.29 is 14.3 Å². The van der Waals surface area contributed by atoms with Crippen LogP contribution in [0.3, 0.4) is 0 Å². The van der Waals surface area contributed by atoms with Crippen molar-refractivity contribution in [2.24, 2.45) is 5.92 Å². The van der Waals surface area contributed by atoms with Gasteiger partial charge in [-0.1, -0.05) is 11.3 Å². The molecule has 2 rings (SSSR count). The first-order valence-electron chi connectivity index (χ1n) is 7.05. The zero-order valence-electron chi connectivity index (χ0n) is 12.6. The summed E-state index contributed by atoms with van der Waals surface area (Å²) in [5.74, 6) is 0.328. The zero-order valence-corrected chi connectivity index (χ0v) is 15.0. The Bertz CT molecular complexity index is 487. The normalized spacial score (nSPS) is 19.4. The number of carbonyl (C=O) groups is 1. The second-order valence-corrected chi connectivity index (χ2v) is 8.55. The van der Waals surface area contributed by atoms with Crippen molar-refractivity contribution in [3.05, 3.63) is 9.98 Å². The van der Waals surface area contributed by atoms with Crippen LogP contribution in [0.2, 0.25) is 0 Å². The molecule has 1 atom stereocenters. The molecule has 0 bridgehead atoms. The summed E-state index contributed by atoms with van der Waals surface area (Å²) >= 11 is 4.83. The van der Waals surface area contributed by atoms with Crippen molar-refractivity contribution in [3.63, 3.8) is 0 Å². The lowest BCUT2D eigenvalue weighted by Gasteiger charge is -2.33. The topological polar surface area (TPSA) is 51.7 Å². The Kier molecular flexibility index (Phi) is 5.48. The summed E-state index contributed by atoms with van der Waals surface area (Å²) in [6.45, 7) is 7.68. The maximum Gasteiger partial charge on any atom is 0.410 e. The molecule has 0 N–H and O–H groups in total. The molecule has 21 heavy (non-hydrogen) atoms. The van der Waals surface area contributed by atoms with Gasteiger partial charge in [0, 0.05) is 19.0 Å². The molecule has 5 nitrogen and oxygen atoms in total. The van der Waals surface area contributed by atoms with Gasteiger partial charge in [0.25, 0.3) is 5.19 Å². The minimum absolute atomic E-state index is 0.232. The molecular formula is C14H21BrN2O3S. The van der Waals surface area contributed by atoms with E-state index in [-0.39, 0.29) is 6.09 Å². The molecule has 2 heterocycles. The van der Waals surface area contributed by atoms with Crippen LogP contribution in [0.4, 0.5) is 4.79 Å². The third kappa shape index (κ3) is 5.47. The molecular weight excluding hydrogens is 356 g/mol. The van der Waals surface area contributed by atoms with Gasteiger partial charge in [0.15, 0.2) is 0 Å². The van der Waals surface area contributed by atoms with Gasteiger partial charge in [-0.3, -0.25) is 0 Å². The fraction of sp³-hybridized carbons (Fsp3) is 0.714. The van der Waals surface area contributed by atoms with Crippen LogP contribution in [0.5, 0.6) is 5.19 Å². The highest BCUT2D eigenvalue weighted by atomic mass is 79.9. The molecule has 1 aromatic heterocycles. The Labute approximate surface area is 137 Å². The Morgan fingerprint density at radius 3 is 2.95 bits per heavy atom. The second kappa shape index (κ2) is 6.96. The lowest BCUT2D eigenvalue weighted by atomic mass is 9.99. The third-order valence-corrected chi connectivity index (χ3v) is 4.46. The van der Waals surface area contributed by atoms with E-state index >= 15 is 0 Å². The molecule has 0 saturated carbocycles. The average Bonchev–Trinajstić information content (AvgIpc) is 2.81. The van der Waals surface area contributed by atoms with Crippen LogP contribution >= 0.6 is 27.3 Å². The van der Waals surface area contributed by atoms with Crippen LogP contribution in [0, 0.1) is 5.92 Å². The highest BCUT2D eigenvalue weighted by Crippen LogP contribution is 2.26. The third-order valence-electron chi connectivity index (χ3n) is 3.07. The van der Waals surface area contributed by atoms with E-state index in [9.17, 15) is 4.79 Å². The fourth-order valence-electron chi connectivity index (χ4n) is 2.19. The second-order valence-electron chi connectivity index (χ2n) is 6.18. The van der Waals surface area contributed by atoms with Gasteiger partial charge in [-0.05, 0) is 49.5 Å². The Morgan fingerprint density at radius 2 is 2.33 bits per heavy atom. The van der Waals surface area contributed by atoms with Crippen molar-refractivity contribution in [2.45, 2.75) is 39.2 Å². The van der Waals surface area contributed by atoms with Gasteiger partial charge >= 0.3 is 6.09 Å². The van der Waals surface area contributed by atoms with Gasteiger partial charge in [-0.25, -0.2) is 9.78 Å². The van der Waals surface area contributed by atoms with Crippen LogP contribution in [-0.4, -0.2) is 41.3 Å². The number of hydrogen-bond donors (Lipinski definition) is 0. The van der Waals surface area contributed by atoms with Crippen molar-refractivity contribution in [2.75, 3.05) is 19.7 Å². The van der Waals surface area contributed by atoms with E-state index in [2.05, 4.69) is 20.9 Å². The molecule has 0 aromatic carbocycles. The number of thiazole rings is 1. The summed E-state index contributed by atoms with van der Waals surface area (Å²) in [5.41, 5.74) is -0.451. The molecule has 0 aliphatic carbocycles. The first-order valence-corrected chi connectivity index (χ1v) is 8.66. The van der Waals surface area contributed by atoms with E-state index in [1.165, 1.54) is 11.3 Å². The van der Waals surface area contributed by atoms with Gasteiger partial charge in [0.2, 0.25) is 0 Å². The maximum atomic E-state index is 12.1. The highest BCUT2D eigenvalue weighted by molar-refractivity contribution is 9.11. The van der Waals surface area contributed by atoms with Gasteiger partial charge in [-0.2, -0.15) is 0 Å². The van der Waals surface area contributed by atoms with Gasteiger partial charge < -0.3 is 14.4 Å². The lowest BCUT2D eigenvalue weighted by molar-refractivity contribution is 0.0139. The molecule has 0 radical (unpaired) electrons. The Hall–Kier alpha value is -0.820. The first-order chi connectivity index (χ1) is 9.83. The minimum atomic E-state index is -0.451. The van der Waals surface area contributed by atoms with Crippen molar-refractivity contribution in [1.82, 2.24) is 9.88 Å². The van der Waals surface area contributed by atoms with Gasteiger partial charge in [-0.15, -0.1) is 0 Å². The predicted molar refractivity (Wildman–Crippen MR) is 85.8 cm³/mol. The van der Waals surface area contributed by atoms with E-state index in [0.29, 0.717) is 24.3 Å². The smallest absolute Gasteiger partial charge is 0.410 e. The number of nitrogens with zero attached hydrogens (tertiary/aromatic N) is 2. The van der Waals surface area contributed by atoms with Crippen LogP contribution < -0.4 is 4.74 Å². The highest BCUT2D eigenvalue weighted by Gasteiger charge is 2.28. The maximum absolute atomic E-state index is 12.1. The summed E-state index contributed by atoms with van der Waals surface area (Å²) in [7, 11) is 0. The lowest BCUT2D eigenvalue weighted by Crippen LogP contribution is -2.44. The van der Waals surface area contributed by atoms with E-state index in [1.807, 2.05) is 20.8 Å². The molecule has 1 fully saturated rings. The summed E-state index contributed by atoms with van der Waals surface area (Å²) in [5, 5.41) is 0.663. The summed E-state index contributed by atoms with van der Waals surface area (Å²) in [4.78, 5) is 18.0. The van der Waals surface area contributed by atoms with E-state index in [0.717, 1.165) is 23.2 Å². The van der Waals surface area contributed by atoms with Gasteiger partial charge in [0.1, 0.15) is 5.60 Å². The number of halogens is 1. The Morgan fingerprint density at radius 1 is 1.57 bits per heavy atom. The number of amides is 1. The molecule has 1 amide bonds. The number of aromatic nitrogens is 1. The molecule has 118 valence electrons. The van der Waals surface area contributed by atoms with Crippen molar-refractivity contribution in [3.8, 4) is 5.19 Å². The Balaban J connectivity index is 1.81.